The van der Waals surface area contributed by atoms with Gasteiger partial charge in [0.2, 0.25) is 0 Å². The van der Waals surface area contributed by atoms with Crippen molar-refractivity contribution in [2.75, 3.05) is 13.2 Å². The Balaban J connectivity index is 1.71. The number of thiazole rings is 1. The molecule has 3 heterocycles. The number of benzene rings is 1. The molecule has 4 rings (SSSR count). The van der Waals surface area contributed by atoms with E-state index in [1.54, 1.807) is 11.3 Å². The third kappa shape index (κ3) is 4.86. The maximum atomic E-state index is 12.9. The van der Waals surface area contributed by atoms with Crippen LogP contribution in [0.4, 0.5) is 0 Å². The summed E-state index contributed by atoms with van der Waals surface area (Å²) in [5.74, 6) is 0.356. The van der Waals surface area contributed by atoms with Crippen molar-refractivity contribution in [3.63, 3.8) is 0 Å². The van der Waals surface area contributed by atoms with Gasteiger partial charge in [-0.3, -0.25) is 4.79 Å². The van der Waals surface area contributed by atoms with Crippen molar-refractivity contribution in [2.24, 2.45) is 5.92 Å². The van der Waals surface area contributed by atoms with Gasteiger partial charge >= 0.3 is 0 Å². The van der Waals surface area contributed by atoms with E-state index >= 15 is 0 Å². The summed E-state index contributed by atoms with van der Waals surface area (Å²) < 4.78 is 8.07. The number of nitrogens with zero attached hydrogens (tertiary/aromatic N) is 2. The van der Waals surface area contributed by atoms with Crippen LogP contribution in [0.15, 0.2) is 35.7 Å². The van der Waals surface area contributed by atoms with Crippen LogP contribution in [-0.2, 0) is 11.3 Å². The van der Waals surface area contributed by atoms with Crippen molar-refractivity contribution in [3.8, 4) is 22.0 Å². The summed E-state index contributed by atoms with van der Waals surface area (Å²) in [6.07, 6.45) is 2.28. The minimum absolute atomic E-state index is 0.0416. The highest BCUT2D eigenvalue weighted by atomic mass is 35.5. The average molecular weight is 458 g/mol. The SMILES string of the molecule is Cc1c(C(=O)NCC(C)C)cc(-c2csc(-c3ccccc3Cl)n2)n1CC1CCCO1. The zero-order valence-electron chi connectivity index (χ0n) is 18.2. The van der Waals surface area contributed by atoms with E-state index in [2.05, 4.69) is 23.7 Å². The molecule has 1 N–H and O–H groups in total. The van der Waals surface area contributed by atoms with Gasteiger partial charge in [-0.1, -0.05) is 43.6 Å². The van der Waals surface area contributed by atoms with E-state index < -0.39 is 0 Å². The van der Waals surface area contributed by atoms with Crippen LogP contribution in [0, 0.1) is 12.8 Å². The molecule has 1 saturated heterocycles. The molecule has 0 radical (unpaired) electrons. The van der Waals surface area contributed by atoms with Gasteiger partial charge in [-0.2, -0.15) is 0 Å². The predicted molar refractivity (Wildman–Crippen MR) is 127 cm³/mol. The second-order valence-corrected chi connectivity index (χ2v) is 9.66. The lowest BCUT2D eigenvalue weighted by atomic mass is 10.2. The lowest BCUT2D eigenvalue weighted by Crippen LogP contribution is -2.27. The molecule has 2 aromatic heterocycles. The van der Waals surface area contributed by atoms with E-state index in [1.165, 1.54) is 0 Å². The molecular formula is C24H28ClN3O2S. The third-order valence-corrected chi connectivity index (χ3v) is 6.77. The number of nitrogens with one attached hydrogen (secondary N) is 1. The van der Waals surface area contributed by atoms with Gasteiger partial charge in [0.15, 0.2) is 0 Å². The highest BCUT2D eigenvalue weighted by Crippen LogP contribution is 2.35. The van der Waals surface area contributed by atoms with Gasteiger partial charge in [-0.15, -0.1) is 11.3 Å². The normalized spacial score (nSPS) is 16.2. The van der Waals surface area contributed by atoms with Crippen LogP contribution in [0.5, 0.6) is 0 Å². The monoisotopic (exact) mass is 457 g/mol. The Hall–Kier alpha value is -2.15. The smallest absolute Gasteiger partial charge is 0.253 e. The van der Waals surface area contributed by atoms with Crippen LogP contribution >= 0.6 is 22.9 Å². The molecule has 1 aliphatic rings. The Morgan fingerprint density at radius 1 is 1.39 bits per heavy atom. The molecule has 7 heteroatoms. The zero-order chi connectivity index (χ0) is 22.0. The molecule has 0 saturated carbocycles. The fourth-order valence-corrected chi connectivity index (χ4v) is 4.99. The zero-order valence-corrected chi connectivity index (χ0v) is 19.7. The Morgan fingerprint density at radius 2 is 2.19 bits per heavy atom. The van der Waals surface area contributed by atoms with Crippen molar-refractivity contribution in [3.05, 3.63) is 52.0 Å². The van der Waals surface area contributed by atoms with E-state index in [4.69, 9.17) is 21.3 Å². The molecule has 3 aromatic rings. The number of carbonyl (C=O) groups excluding carboxylic acids is 1. The Morgan fingerprint density at radius 3 is 2.90 bits per heavy atom. The van der Waals surface area contributed by atoms with Crippen molar-refractivity contribution in [1.29, 1.82) is 0 Å². The van der Waals surface area contributed by atoms with Gasteiger partial charge < -0.3 is 14.6 Å². The lowest BCUT2D eigenvalue weighted by Gasteiger charge is -2.15. The van der Waals surface area contributed by atoms with Crippen LogP contribution in [-0.4, -0.2) is 34.7 Å². The van der Waals surface area contributed by atoms with E-state index in [-0.39, 0.29) is 12.0 Å². The summed E-state index contributed by atoms with van der Waals surface area (Å²) >= 11 is 7.94. The molecule has 1 aromatic carbocycles. The van der Waals surface area contributed by atoms with Crippen molar-refractivity contribution >= 4 is 28.8 Å². The van der Waals surface area contributed by atoms with E-state index in [0.717, 1.165) is 53.6 Å². The molecule has 0 bridgehead atoms. The minimum atomic E-state index is -0.0416. The number of ether oxygens (including phenoxy) is 1. The van der Waals surface area contributed by atoms with E-state index in [1.807, 2.05) is 42.6 Å². The number of amides is 1. The summed E-state index contributed by atoms with van der Waals surface area (Å²) in [6, 6.07) is 9.69. The number of rotatable bonds is 7. The second kappa shape index (κ2) is 9.55. The topological polar surface area (TPSA) is 56.2 Å². The minimum Gasteiger partial charge on any atom is -0.376 e. The van der Waals surface area contributed by atoms with E-state index in [0.29, 0.717) is 23.0 Å². The average Bonchev–Trinajstić information content (AvgIpc) is 3.49. The maximum Gasteiger partial charge on any atom is 0.253 e. The number of aromatic nitrogens is 2. The van der Waals surface area contributed by atoms with Crippen LogP contribution < -0.4 is 5.32 Å². The summed E-state index contributed by atoms with van der Waals surface area (Å²) in [7, 11) is 0. The highest BCUT2D eigenvalue weighted by molar-refractivity contribution is 7.13. The van der Waals surface area contributed by atoms with Gasteiger partial charge in [0.25, 0.3) is 5.91 Å². The standard InChI is InChI=1S/C24H28ClN3O2S/c1-15(2)12-26-23(29)19-11-22(28(16(19)3)13-17-7-6-10-30-17)21-14-31-24(27-21)18-8-4-5-9-20(18)25/h4-5,8-9,11,14-15,17H,6-7,10,12-13H2,1-3H3,(H,26,29). The first-order valence-corrected chi connectivity index (χ1v) is 12.0. The van der Waals surface area contributed by atoms with Crippen LogP contribution in [0.3, 0.4) is 0 Å². The Bertz CT molecular complexity index is 1070. The van der Waals surface area contributed by atoms with Crippen LogP contribution in [0.1, 0.15) is 42.7 Å². The van der Waals surface area contributed by atoms with Crippen molar-refractivity contribution < 1.29 is 9.53 Å². The first-order valence-electron chi connectivity index (χ1n) is 10.7. The second-order valence-electron chi connectivity index (χ2n) is 8.40. The van der Waals surface area contributed by atoms with Gasteiger partial charge in [0.1, 0.15) is 5.01 Å². The van der Waals surface area contributed by atoms with Crippen molar-refractivity contribution in [1.82, 2.24) is 14.9 Å². The Kier molecular flexibility index (Phi) is 6.80. The van der Waals surface area contributed by atoms with Crippen molar-refractivity contribution in [2.45, 2.75) is 46.3 Å². The summed E-state index contributed by atoms with van der Waals surface area (Å²) in [5, 5.41) is 6.63. The number of halogens is 1. The first-order chi connectivity index (χ1) is 14.9. The number of hydrogen-bond donors (Lipinski definition) is 1. The summed E-state index contributed by atoms with van der Waals surface area (Å²) in [5.41, 5.74) is 4.35. The highest BCUT2D eigenvalue weighted by Gasteiger charge is 2.24. The molecule has 1 atom stereocenters. The molecule has 1 amide bonds. The largest absolute Gasteiger partial charge is 0.376 e. The molecule has 0 aliphatic carbocycles. The number of carbonyl (C=O) groups is 1. The lowest BCUT2D eigenvalue weighted by molar-refractivity contribution is 0.0938. The fourth-order valence-electron chi connectivity index (χ4n) is 3.86. The predicted octanol–water partition coefficient (Wildman–Crippen LogP) is 5.81. The summed E-state index contributed by atoms with van der Waals surface area (Å²) in [4.78, 5) is 17.8. The molecule has 5 nitrogen and oxygen atoms in total. The molecule has 0 spiro atoms. The molecule has 31 heavy (non-hydrogen) atoms. The van der Waals surface area contributed by atoms with Crippen LogP contribution in [0.2, 0.25) is 5.02 Å². The Labute approximate surface area is 192 Å². The fraction of sp³-hybridized carbons (Fsp3) is 0.417. The van der Waals surface area contributed by atoms with Gasteiger partial charge in [0.05, 0.1) is 28.1 Å². The molecule has 164 valence electrons. The van der Waals surface area contributed by atoms with Crippen LogP contribution in [0.25, 0.3) is 22.0 Å². The van der Waals surface area contributed by atoms with Gasteiger partial charge in [0, 0.05) is 36.3 Å². The van der Waals surface area contributed by atoms with E-state index in [9.17, 15) is 4.79 Å². The van der Waals surface area contributed by atoms with Gasteiger partial charge in [-0.05, 0) is 37.8 Å². The summed E-state index contributed by atoms with van der Waals surface area (Å²) in [6.45, 7) is 8.36. The number of hydrogen-bond acceptors (Lipinski definition) is 4. The molecule has 1 unspecified atom stereocenters. The molecule has 1 fully saturated rings. The molecular weight excluding hydrogens is 430 g/mol. The maximum absolute atomic E-state index is 12.9. The first kappa shape index (κ1) is 22.1. The van der Waals surface area contributed by atoms with Gasteiger partial charge in [-0.25, -0.2) is 4.98 Å². The quantitative estimate of drug-likeness (QED) is 0.487. The third-order valence-electron chi connectivity index (χ3n) is 5.56. The molecule has 1 aliphatic heterocycles.